The number of nitrogens with zero attached hydrogens (tertiary/aromatic N) is 3. The molecule has 0 fully saturated rings. The lowest BCUT2D eigenvalue weighted by Gasteiger charge is -2.23. The summed E-state index contributed by atoms with van der Waals surface area (Å²) in [6, 6.07) is 8.82. The van der Waals surface area contributed by atoms with Crippen molar-refractivity contribution in [1.82, 2.24) is 9.78 Å². The number of alkyl halides is 1. The van der Waals surface area contributed by atoms with Crippen LogP contribution >= 0.6 is 15.9 Å². The lowest BCUT2D eigenvalue weighted by atomic mass is 10.0. The van der Waals surface area contributed by atoms with Crippen LogP contribution in [-0.4, -0.2) is 22.9 Å². The second-order valence-corrected chi connectivity index (χ2v) is 5.96. The minimum absolute atomic E-state index is 0.867. The molecule has 2 heterocycles. The van der Waals surface area contributed by atoms with Gasteiger partial charge in [-0.25, -0.2) is 0 Å². The fourth-order valence-electron chi connectivity index (χ4n) is 3.12. The van der Waals surface area contributed by atoms with E-state index in [1.807, 2.05) is 11.7 Å². The lowest BCUT2D eigenvalue weighted by Crippen LogP contribution is -2.28. The number of rotatable bonds is 2. The molecule has 0 radical (unpaired) electrons. The van der Waals surface area contributed by atoms with E-state index in [1.54, 1.807) is 0 Å². The first-order chi connectivity index (χ1) is 9.70. The van der Waals surface area contributed by atoms with Crippen LogP contribution in [-0.2, 0) is 25.2 Å². The van der Waals surface area contributed by atoms with Crippen LogP contribution in [0.25, 0.3) is 0 Å². The van der Waals surface area contributed by atoms with Gasteiger partial charge in [-0.2, -0.15) is 5.10 Å². The second-order valence-electron chi connectivity index (χ2n) is 5.40. The molecule has 0 aliphatic carbocycles. The lowest BCUT2D eigenvalue weighted by molar-refractivity contribution is 0.699. The highest BCUT2D eigenvalue weighted by atomic mass is 79.9. The highest BCUT2D eigenvalue weighted by molar-refractivity contribution is 9.08. The number of benzene rings is 1. The Morgan fingerprint density at radius 3 is 2.30 bits per heavy atom. The van der Waals surface area contributed by atoms with Crippen molar-refractivity contribution in [3.8, 4) is 0 Å². The fourth-order valence-corrected chi connectivity index (χ4v) is 3.78. The van der Waals surface area contributed by atoms with Crippen LogP contribution in [0.3, 0.4) is 0 Å². The maximum absolute atomic E-state index is 4.58. The fraction of sp³-hybridized carbons (Fsp3) is 0.438. The van der Waals surface area contributed by atoms with Gasteiger partial charge in [0.1, 0.15) is 5.82 Å². The zero-order valence-electron chi connectivity index (χ0n) is 12.1. The highest BCUT2D eigenvalue weighted by Gasteiger charge is 2.21. The van der Waals surface area contributed by atoms with Crippen molar-refractivity contribution in [3.63, 3.8) is 0 Å². The topological polar surface area (TPSA) is 21.1 Å². The molecule has 0 unspecified atom stereocenters. The molecule has 0 atom stereocenters. The summed E-state index contributed by atoms with van der Waals surface area (Å²) in [5, 5.41) is 5.45. The monoisotopic (exact) mass is 333 g/mol. The van der Waals surface area contributed by atoms with Crippen molar-refractivity contribution in [3.05, 3.63) is 46.6 Å². The average molecular weight is 334 g/mol. The number of halogens is 1. The number of anilines is 1. The number of aromatic nitrogens is 2. The van der Waals surface area contributed by atoms with Gasteiger partial charge in [0.15, 0.2) is 0 Å². The summed E-state index contributed by atoms with van der Waals surface area (Å²) in [6.07, 6.45) is 2.23. The molecular weight excluding hydrogens is 314 g/mol. The summed E-state index contributed by atoms with van der Waals surface area (Å²) < 4.78 is 2.03. The Kier molecular flexibility index (Phi) is 3.83. The zero-order valence-corrected chi connectivity index (χ0v) is 13.7. The molecular formula is C16H20BrN3. The molecule has 0 saturated heterocycles. The summed E-state index contributed by atoms with van der Waals surface area (Å²) in [7, 11) is 2.05. The smallest absolute Gasteiger partial charge is 0.130 e. The van der Waals surface area contributed by atoms with E-state index in [9.17, 15) is 0 Å². The van der Waals surface area contributed by atoms with Crippen molar-refractivity contribution in [2.24, 2.45) is 7.05 Å². The van der Waals surface area contributed by atoms with Gasteiger partial charge in [0.25, 0.3) is 0 Å². The average Bonchev–Trinajstić information content (AvgIpc) is 2.63. The molecule has 0 bridgehead atoms. The normalized spacial score (nSPS) is 15.1. The van der Waals surface area contributed by atoms with Crippen LogP contribution in [0.5, 0.6) is 0 Å². The van der Waals surface area contributed by atoms with Crippen LogP contribution in [0.1, 0.15) is 22.4 Å². The first-order valence-electron chi connectivity index (χ1n) is 7.11. The predicted octanol–water partition coefficient (Wildman–Crippen LogP) is 3.23. The van der Waals surface area contributed by atoms with Gasteiger partial charge in [0.05, 0.1) is 5.69 Å². The number of fused-ring (bicyclic) bond motifs is 1. The molecule has 20 heavy (non-hydrogen) atoms. The number of hydrogen-bond donors (Lipinski definition) is 0. The van der Waals surface area contributed by atoms with Gasteiger partial charge in [-0.3, -0.25) is 4.68 Å². The molecule has 3 rings (SSSR count). The van der Waals surface area contributed by atoms with E-state index in [0.29, 0.717) is 0 Å². The van der Waals surface area contributed by atoms with Gasteiger partial charge in [-0.1, -0.05) is 40.2 Å². The number of hydrogen-bond acceptors (Lipinski definition) is 2. The van der Waals surface area contributed by atoms with Gasteiger partial charge in [-0.15, -0.1) is 0 Å². The molecule has 3 nitrogen and oxygen atoms in total. The molecule has 1 aromatic heterocycles. The molecule has 106 valence electrons. The molecule has 4 heteroatoms. The third kappa shape index (κ3) is 2.37. The highest BCUT2D eigenvalue weighted by Crippen LogP contribution is 2.27. The molecule has 0 amide bonds. The van der Waals surface area contributed by atoms with Crippen LogP contribution in [0.2, 0.25) is 0 Å². The van der Waals surface area contributed by atoms with Crippen LogP contribution in [0.4, 0.5) is 5.82 Å². The Morgan fingerprint density at radius 2 is 1.75 bits per heavy atom. The van der Waals surface area contributed by atoms with Crippen LogP contribution < -0.4 is 4.90 Å². The van der Waals surface area contributed by atoms with Crippen molar-refractivity contribution < 1.29 is 0 Å². The molecule has 1 aliphatic heterocycles. The van der Waals surface area contributed by atoms with E-state index in [-0.39, 0.29) is 0 Å². The largest absolute Gasteiger partial charge is 0.356 e. The van der Waals surface area contributed by atoms with Gasteiger partial charge in [0, 0.05) is 31.0 Å². The van der Waals surface area contributed by atoms with Gasteiger partial charge < -0.3 is 4.90 Å². The summed E-state index contributed by atoms with van der Waals surface area (Å²) in [5.41, 5.74) is 5.43. The van der Waals surface area contributed by atoms with Crippen molar-refractivity contribution in [1.29, 1.82) is 0 Å². The molecule has 1 aliphatic rings. The Hall–Kier alpha value is -1.29. The van der Waals surface area contributed by atoms with Gasteiger partial charge >= 0.3 is 0 Å². The Balaban J connectivity index is 1.91. The molecule has 1 aromatic carbocycles. The first kappa shape index (κ1) is 13.7. The minimum atomic E-state index is 0.867. The maximum atomic E-state index is 4.58. The minimum Gasteiger partial charge on any atom is -0.356 e. The molecule has 2 aromatic rings. The van der Waals surface area contributed by atoms with E-state index >= 15 is 0 Å². The van der Waals surface area contributed by atoms with Gasteiger partial charge in [-0.05, 0) is 30.9 Å². The molecule has 0 N–H and O–H groups in total. The van der Waals surface area contributed by atoms with Crippen molar-refractivity contribution in [2.75, 3.05) is 18.0 Å². The second kappa shape index (κ2) is 5.60. The van der Waals surface area contributed by atoms with Crippen LogP contribution in [0.15, 0.2) is 24.3 Å². The Labute approximate surface area is 128 Å². The van der Waals surface area contributed by atoms with Crippen molar-refractivity contribution in [2.45, 2.75) is 25.1 Å². The van der Waals surface area contributed by atoms with E-state index in [0.717, 1.165) is 37.0 Å². The van der Waals surface area contributed by atoms with Crippen molar-refractivity contribution >= 4 is 21.7 Å². The van der Waals surface area contributed by atoms with E-state index in [1.165, 1.54) is 22.5 Å². The Bertz CT molecular complexity index is 591. The maximum Gasteiger partial charge on any atom is 0.130 e. The summed E-state index contributed by atoms with van der Waals surface area (Å²) >= 11 is 3.61. The quantitative estimate of drug-likeness (QED) is 0.787. The molecule has 0 saturated carbocycles. The summed E-state index contributed by atoms with van der Waals surface area (Å²) in [4.78, 5) is 2.48. The summed E-state index contributed by atoms with van der Waals surface area (Å²) in [5.74, 6) is 1.27. The van der Waals surface area contributed by atoms with E-state index in [2.05, 4.69) is 57.1 Å². The third-order valence-corrected chi connectivity index (χ3v) is 4.73. The van der Waals surface area contributed by atoms with E-state index in [4.69, 9.17) is 0 Å². The number of aryl methyl sites for hydroxylation is 2. The van der Waals surface area contributed by atoms with E-state index < -0.39 is 0 Å². The zero-order chi connectivity index (χ0) is 14.1. The first-order valence-corrected chi connectivity index (χ1v) is 8.23. The third-order valence-electron chi connectivity index (χ3n) is 4.17. The van der Waals surface area contributed by atoms with Crippen LogP contribution in [0, 0.1) is 6.92 Å². The SMILES string of the molecule is Cc1nn(C)c(N2CCc3ccccc3CC2)c1CBr. The molecule has 0 spiro atoms. The van der Waals surface area contributed by atoms with Gasteiger partial charge in [0.2, 0.25) is 0 Å². The summed E-state index contributed by atoms with van der Waals surface area (Å²) in [6.45, 7) is 4.22. The predicted molar refractivity (Wildman–Crippen MR) is 86.6 cm³/mol. The Morgan fingerprint density at radius 1 is 1.15 bits per heavy atom. The standard InChI is InChI=1S/C16H20BrN3/c1-12-15(11-17)16(19(2)18-12)20-9-7-13-5-3-4-6-14(13)8-10-20/h3-6H,7-11H2,1-2H3.